The lowest BCUT2D eigenvalue weighted by atomic mass is 9.83. The van der Waals surface area contributed by atoms with Gasteiger partial charge in [-0.15, -0.1) is 0 Å². The van der Waals surface area contributed by atoms with Crippen molar-refractivity contribution in [1.82, 2.24) is 10.2 Å². The molecule has 28 heavy (non-hydrogen) atoms. The molecule has 1 saturated carbocycles. The Bertz CT molecular complexity index is 682. The van der Waals surface area contributed by atoms with Gasteiger partial charge in [-0.1, -0.05) is 57.4 Å². The topological polar surface area (TPSA) is 75.4 Å². The third-order valence-corrected chi connectivity index (χ3v) is 6.25. The highest BCUT2D eigenvalue weighted by Gasteiger charge is 2.36. The first-order valence-corrected chi connectivity index (χ1v) is 10.9. The number of carbonyl (C=O) groups is 2. The van der Waals surface area contributed by atoms with Crippen LogP contribution in [0.4, 0.5) is 0 Å². The number of nitrogens with one attached hydrogen (secondary N) is 1. The Kier molecular flexibility index (Phi) is 7.11. The molecule has 154 valence electrons. The molecule has 5 heteroatoms. The largest absolute Gasteiger partial charge is 0.350 e. The maximum absolute atomic E-state index is 13.3. The summed E-state index contributed by atoms with van der Waals surface area (Å²) < 4.78 is 0. The minimum absolute atomic E-state index is 0.00650. The zero-order chi connectivity index (χ0) is 20.1. The number of rotatable bonds is 6. The van der Waals surface area contributed by atoms with E-state index in [1.165, 1.54) is 24.8 Å². The highest BCUT2D eigenvalue weighted by Crippen LogP contribution is 2.28. The molecule has 1 aliphatic carbocycles. The van der Waals surface area contributed by atoms with Gasteiger partial charge in [0.2, 0.25) is 11.8 Å². The first-order chi connectivity index (χ1) is 13.5. The van der Waals surface area contributed by atoms with Gasteiger partial charge in [-0.3, -0.25) is 9.59 Å². The zero-order valence-electron chi connectivity index (χ0n) is 17.3. The number of hydrogen-bond donors (Lipinski definition) is 2. The summed E-state index contributed by atoms with van der Waals surface area (Å²) in [5.74, 6) is 0.741. The highest BCUT2D eigenvalue weighted by molar-refractivity contribution is 5.88. The van der Waals surface area contributed by atoms with E-state index in [2.05, 4.69) is 17.4 Å². The summed E-state index contributed by atoms with van der Waals surface area (Å²) in [6.45, 7) is 5.05. The Morgan fingerprint density at radius 3 is 2.46 bits per heavy atom. The quantitative estimate of drug-likeness (QED) is 0.790. The van der Waals surface area contributed by atoms with Gasteiger partial charge in [0, 0.05) is 32.0 Å². The molecule has 0 saturated heterocycles. The molecule has 1 aromatic rings. The molecule has 0 bridgehead atoms. The molecular formula is C23H35N3O2. The molecule has 0 spiro atoms. The molecule has 5 nitrogen and oxygen atoms in total. The predicted molar refractivity (Wildman–Crippen MR) is 111 cm³/mol. The van der Waals surface area contributed by atoms with Crippen LogP contribution in [0.5, 0.6) is 0 Å². The molecule has 0 radical (unpaired) electrons. The Morgan fingerprint density at radius 1 is 1.14 bits per heavy atom. The van der Waals surface area contributed by atoms with Crippen LogP contribution in [0.3, 0.4) is 0 Å². The van der Waals surface area contributed by atoms with Crippen molar-refractivity contribution in [1.29, 1.82) is 0 Å². The zero-order valence-corrected chi connectivity index (χ0v) is 17.3. The van der Waals surface area contributed by atoms with Crippen LogP contribution in [0.1, 0.15) is 63.5 Å². The van der Waals surface area contributed by atoms with Crippen molar-refractivity contribution in [3.05, 3.63) is 35.4 Å². The van der Waals surface area contributed by atoms with E-state index >= 15 is 0 Å². The molecule has 1 aliphatic heterocycles. The van der Waals surface area contributed by atoms with Crippen LogP contribution in [0.25, 0.3) is 0 Å². The number of nitrogens with two attached hydrogens (primary N) is 1. The summed E-state index contributed by atoms with van der Waals surface area (Å²) in [5, 5.41) is 3.22. The minimum atomic E-state index is -0.446. The Labute approximate surface area is 169 Å². The van der Waals surface area contributed by atoms with Crippen LogP contribution in [-0.4, -0.2) is 35.3 Å². The van der Waals surface area contributed by atoms with E-state index in [-0.39, 0.29) is 23.8 Å². The van der Waals surface area contributed by atoms with Gasteiger partial charge in [-0.05, 0) is 35.8 Å². The first kappa shape index (κ1) is 20.8. The SMILES string of the molecule is CC(C)CC(=O)N1Cc2ccccc2CC1C(=O)NC(CN)C1CCCCC1. The molecule has 0 aromatic heterocycles. The van der Waals surface area contributed by atoms with Gasteiger partial charge in [0.25, 0.3) is 0 Å². The summed E-state index contributed by atoms with van der Waals surface area (Å²) >= 11 is 0. The second-order valence-corrected chi connectivity index (χ2v) is 8.86. The molecule has 1 heterocycles. The summed E-state index contributed by atoms with van der Waals surface area (Å²) in [4.78, 5) is 28.0. The van der Waals surface area contributed by atoms with Crippen molar-refractivity contribution in [2.24, 2.45) is 17.6 Å². The maximum atomic E-state index is 13.3. The lowest BCUT2D eigenvalue weighted by Gasteiger charge is -2.38. The number of benzene rings is 1. The Balaban J connectivity index is 1.77. The van der Waals surface area contributed by atoms with Crippen molar-refractivity contribution in [3.63, 3.8) is 0 Å². The van der Waals surface area contributed by atoms with Crippen molar-refractivity contribution >= 4 is 11.8 Å². The van der Waals surface area contributed by atoms with Gasteiger partial charge in [0.1, 0.15) is 6.04 Å². The van der Waals surface area contributed by atoms with E-state index in [9.17, 15) is 9.59 Å². The third kappa shape index (κ3) is 4.93. The van der Waals surface area contributed by atoms with Crippen LogP contribution in [0, 0.1) is 11.8 Å². The van der Waals surface area contributed by atoms with E-state index in [0.717, 1.165) is 18.4 Å². The van der Waals surface area contributed by atoms with Crippen molar-refractivity contribution in [2.45, 2.75) is 77.4 Å². The first-order valence-electron chi connectivity index (χ1n) is 10.9. The number of amides is 2. The molecule has 1 fully saturated rings. The van der Waals surface area contributed by atoms with Crippen molar-refractivity contribution < 1.29 is 9.59 Å². The number of nitrogens with zero attached hydrogens (tertiary/aromatic N) is 1. The van der Waals surface area contributed by atoms with E-state index in [1.807, 2.05) is 26.0 Å². The van der Waals surface area contributed by atoms with Crippen molar-refractivity contribution in [2.75, 3.05) is 6.54 Å². The van der Waals surface area contributed by atoms with E-state index in [0.29, 0.717) is 31.8 Å². The maximum Gasteiger partial charge on any atom is 0.243 e. The standard InChI is InChI=1S/C23H35N3O2/c1-16(2)12-22(27)26-15-19-11-7-6-10-18(19)13-21(26)23(28)25-20(14-24)17-8-4-3-5-9-17/h6-7,10-11,16-17,20-21H,3-5,8-9,12-15,24H2,1-2H3,(H,25,28). The van der Waals surface area contributed by atoms with Gasteiger partial charge in [0.05, 0.1) is 0 Å². The van der Waals surface area contributed by atoms with E-state index in [4.69, 9.17) is 5.73 Å². The van der Waals surface area contributed by atoms with Gasteiger partial charge >= 0.3 is 0 Å². The molecule has 2 unspecified atom stereocenters. The van der Waals surface area contributed by atoms with Crippen LogP contribution >= 0.6 is 0 Å². The van der Waals surface area contributed by atoms with Crippen molar-refractivity contribution in [3.8, 4) is 0 Å². The normalized spacial score (nSPS) is 21.3. The monoisotopic (exact) mass is 385 g/mol. The van der Waals surface area contributed by atoms with Gasteiger partial charge < -0.3 is 16.0 Å². The second kappa shape index (κ2) is 9.55. The highest BCUT2D eigenvalue weighted by atomic mass is 16.2. The predicted octanol–water partition coefficient (Wildman–Crippen LogP) is 3.01. The van der Waals surface area contributed by atoms with Crippen LogP contribution < -0.4 is 11.1 Å². The van der Waals surface area contributed by atoms with Gasteiger partial charge in [-0.2, -0.15) is 0 Å². The Morgan fingerprint density at radius 2 is 1.82 bits per heavy atom. The van der Waals surface area contributed by atoms with Crippen LogP contribution in [-0.2, 0) is 22.6 Å². The third-order valence-electron chi connectivity index (χ3n) is 6.25. The summed E-state index contributed by atoms with van der Waals surface area (Å²) in [6.07, 6.45) is 7.01. The fourth-order valence-electron chi connectivity index (χ4n) is 4.67. The number of carbonyl (C=O) groups excluding carboxylic acids is 2. The lowest BCUT2D eigenvalue weighted by Crippen LogP contribution is -2.56. The number of fused-ring (bicyclic) bond motifs is 1. The molecule has 2 atom stereocenters. The average molecular weight is 386 g/mol. The van der Waals surface area contributed by atoms with E-state index in [1.54, 1.807) is 4.90 Å². The minimum Gasteiger partial charge on any atom is -0.350 e. The molecule has 2 amide bonds. The van der Waals surface area contributed by atoms with E-state index < -0.39 is 6.04 Å². The molecular weight excluding hydrogens is 350 g/mol. The molecule has 1 aromatic carbocycles. The van der Waals surface area contributed by atoms with Crippen LogP contribution in [0.2, 0.25) is 0 Å². The summed E-state index contributed by atoms with van der Waals surface area (Å²) in [6, 6.07) is 7.69. The molecule has 3 rings (SSSR count). The molecule has 3 N–H and O–H groups in total. The fraction of sp³-hybridized carbons (Fsp3) is 0.652. The Hall–Kier alpha value is -1.88. The lowest BCUT2D eigenvalue weighted by molar-refractivity contribution is -0.142. The molecule has 2 aliphatic rings. The van der Waals surface area contributed by atoms with Crippen LogP contribution in [0.15, 0.2) is 24.3 Å². The fourth-order valence-corrected chi connectivity index (χ4v) is 4.67. The second-order valence-electron chi connectivity index (χ2n) is 8.86. The van der Waals surface area contributed by atoms with Gasteiger partial charge in [0.15, 0.2) is 0 Å². The van der Waals surface area contributed by atoms with Gasteiger partial charge in [-0.25, -0.2) is 0 Å². The number of hydrogen-bond acceptors (Lipinski definition) is 3. The summed E-state index contributed by atoms with van der Waals surface area (Å²) in [7, 11) is 0. The average Bonchev–Trinajstić information content (AvgIpc) is 2.71. The summed E-state index contributed by atoms with van der Waals surface area (Å²) in [5.41, 5.74) is 8.33. The smallest absolute Gasteiger partial charge is 0.243 e.